The summed E-state index contributed by atoms with van der Waals surface area (Å²) in [5.74, 6) is -1.27. The summed E-state index contributed by atoms with van der Waals surface area (Å²) >= 11 is 0.876. The van der Waals surface area contributed by atoms with Gasteiger partial charge in [-0.2, -0.15) is 15.2 Å². The number of aromatic nitrogens is 4. The molecule has 258 valence electrons. The molecule has 12 nitrogen and oxygen atoms in total. The van der Waals surface area contributed by atoms with Gasteiger partial charge >= 0.3 is 6.01 Å². The van der Waals surface area contributed by atoms with Crippen LogP contribution in [0.2, 0.25) is 0 Å². The third-order valence-corrected chi connectivity index (χ3v) is 11.8. The number of pyridine rings is 1. The van der Waals surface area contributed by atoms with Crippen molar-refractivity contribution >= 4 is 43.1 Å². The molecule has 16 heteroatoms. The van der Waals surface area contributed by atoms with Crippen molar-refractivity contribution in [3.05, 3.63) is 57.7 Å². The number of ether oxygens (including phenoxy) is 1. The highest BCUT2D eigenvalue weighted by molar-refractivity contribution is 7.23. The number of halogens is 3. The summed E-state index contributed by atoms with van der Waals surface area (Å²) in [5, 5.41) is 17.5. The van der Waals surface area contributed by atoms with Gasteiger partial charge in [0.2, 0.25) is 0 Å². The van der Waals surface area contributed by atoms with E-state index in [9.17, 15) is 14.4 Å². The van der Waals surface area contributed by atoms with Crippen molar-refractivity contribution in [1.82, 2.24) is 29.9 Å². The second-order valence-electron chi connectivity index (χ2n) is 13.8. The number of thiophene rings is 1. The third-order valence-electron chi connectivity index (χ3n) is 10.8. The quantitative estimate of drug-likeness (QED) is 0.249. The van der Waals surface area contributed by atoms with Crippen LogP contribution >= 0.6 is 11.3 Å². The van der Waals surface area contributed by atoms with Gasteiger partial charge in [0.05, 0.1) is 34.2 Å². The standard InChI is InChI=1S/C34H32F3N9O3S/c35-18-8-34(6-1-7-45(34)12-18)16-48-33-42-27-25(31(43-33)44-13-19-2-3-20(14-44)41-19)32(47)46(11-17-10-40-49-15-17)28(26(27)37)21-4-5-23(36)29-24(21)22(9-38)30(39)50-29/h4-5,10,15,18-20,41H,1-3,6-8,11-14,16,39H2/t18-,19?,20?,34+/m1/s1. The predicted octanol–water partition coefficient (Wildman–Crippen LogP) is 4.34. The van der Waals surface area contributed by atoms with Gasteiger partial charge in [0.1, 0.15) is 52.7 Å². The van der Waals surface area contributed by atoms with E-state index in [4.69, 9.17) is 20.0 Å². The van der Waals surface area contributed by atoms with Crippen molar-refractivity contribution in [2.24, 2.45) is 0 Å². The number of hydrogen-bond donors (Lipinski definition) is 2. The Labute approximate surface area is 287 Å². The van der Waals surface area contributed by atoms with Gasteiger partial charge in [-0.05, 0) is 44.4 Å². The highest BCUT2D eigenvalue weighted by atomic mass is 32.1. The molecule has 0 radical (unpaired) electrons. The van der Waals surface area contributed by atoms with Crippen molar-refractivity contribution in [3.8, 4) is 23.3 Å². The van der Waals surface area contributed by atoms with Crippen LogP contribution in [-0.2, 0) is 6.54 Å². The van der Waals surface area contributed by atoms with E-state index in [1.807, 2.05) is 11.0 Å². The van der Waals surface area contributed by atoms with E-state index in [0.29, 0.717) is 31.6 Å². The van der Waals surface area contributed by atoms with E-state index in [1.165, 1.54) is 23.1 Å². The molecule has 2 unspecified atom stereocenters. The fourth-order valence-electron chi connectivity index (χ4n) is 8.56. The number of anilines is 2. The van der Waals surface area contributed by atoms with Crippen LogP contribution in [0.3, 0.4) is 0 Å². The van der Waals surface area contributed by atoms with Crippen LogP contribution in [0.25, 0.3) is 32.2 Å². The molecule has 4 aliphatic rings. The Bertz CT molecular complexity index is 2260. The second kappa shape index (κ2) is 11.7. The monoisotopic (exact) mass is 703 g/mol. The van der Waals surface area contributed by atoms with Crippen molar-refractivity contribution in [2.45, 2.75) is 62.4 Å². The van der Waals surface area contributed by atoms with Gasteiger partial charge in [-0.15, -0.1) is 11.3 Å². The fraction of sp³-hybridized carbons (Fsp3) is 0.441. The molecule has 5 aromatic rings. The maximum atomic E-state index is 17.6. The molecule has 9 rings (SSSR count). The Morgan fingerprint density at radius 2 is 2.00 bits per heavy atom. The SMILES string of the molecule is N#Cc1c(N)sc2c(F)ccc(-c3c(F)c4nc(OC[C@@]56CCCN5C[C@H](F)C6)nc(N5CC6CCC(C5)N6)c4c(=O)n3Cc3cnoc3)c12. The summed E-state index contributed by atoms with van der Waals surface area (Å²) in [6.07, 6.45) is 5.71. The van der Waals surface area contributed by atoms with Gasteiger partial charge in [0.25, 0.3) is 5.56 Å². The minimum atomic E-state index is -0.968. The van der Waals surface area contributed by atoms with Crippen molar-refractivity contribution in [1.29, 1.82) is 5.26 Å². The predicted molar refractivity (Wildman–Crippen MR) is 180 cm³/mol. The number of piperazine rings is 1. The lowest BCUT2D eigenvalue weighted by molar-refractivity contribution is 0.107. The minimum Gasteiger partial charge on any atom is -0.461 e. The largest absolute Gasteiger partial charge is 0.461 e. The van der Waals surface area contributed by atoms with E-state index >= 15 is 8.78 Å². The lowest BCUT2D eigenvalue weighted by Gasteiger charge is -2.34. The molecule has 4 aliphatic heterocycles. The zero-order valence-electron chi connectivity index (χ0n) is 26.8. The number of rotatable bonds is 7. The van der Waals surface area contributed by atoms with Crippen LogP contribution < -0.4 is 26.2 Å². The van der Waals surface area contributed by atoms with Crippen LogP contribution in [0.4, 0.5) is 24.0 Å². The van der Waals surface area contributed by atoms with E-state index in [0.717, 1.165) is 49.6 Å². The highest BCUT2D eigenvalue weighted by Gasteiger charge is 2.49. The average Bonchev–Trinajstić information content (AvgIpc) is 3.93. The molecule has 4 saturated heterocycles. The second-order valence-corrected chi connectivity index (χ2v) is 14.9. The number of nitrogen functional groups attached to an aromatic ring is 1. The maximum Gasteiger partial charge on any atom is 0.319 e. The van der Waals surface area contributed by atoms with Crippen LogP contribution in [0.15, 0.2) is 33.9 Å². The number of fused-ring (bicyclic) bond motifs is 5. The molecule has 0 aliphatic carbocycles. The molecule has 0 amide bonds. The fourth-order valence-corrected chi connectivity index (χ4v) is 9.51. The summed E-state index contributed by atoms with van der Waals surface area (Å²) in [6, 6.07) is 4.74. The zero-order valence-corrected chi connectivity index (χ0v) is 27.6. The van der Waals surface area contributed by atoms with E-state index in [1.54, 1.807) is 0 Å². The van der Waals surface area contributed by atoms with Crippen LogP contribution in [0.5, 0.6) is 6.01 Å². The molecule has 2 bridgehead atoms. The number of nitriles is 1. The third kappa shape index (κ3) is 4.85. The minimum absolute atomic E-state index is 0.0187. The highest BCUT2D eigenvalue weighted by Crippen LogP contribution is 2.44. The number of nitrogens with one attached hydrogen (secondary N) is 1. The Morgan fingerprint density at radius 3 is 2.76 bits per heavy atom. The lowest BCUT2D eigenvalue weighted by Crippen LogP contribution is -2.51. The molecule has 0 saturated carbocycles. The van der Waals surface area contributed by atoms with Gasteiger partial charge in [0.15, 0.2) is 5.82 Å². The first-order valence-corrected chi connectivity index (χ1v) is 17.5. The van der Waals surface area contributed by atoms with Gasteiger partial charge in [-0.3, -0.25) is 9.69 Å². The molecule has 1 aromatic carbocycles. The molecule has 50 heavy (non-hydrogen) atoms. The first kappa shape index (κ1) is 31.3. The molecule has 4 aromatic heterocycles. The van der Waals surface area contributed by atoms with E-state index in [2.05, 4.69) is 20.4 Å². The molecular weight excluding hydrogens is 671 g/mol. The maximum absolute atomic E-state index is 17.6. The first-order valence-electron chi connectivity index (χ1n) is 16.7. The van der Waals surface area contributed by atoms with Crippen molar-refractivity contribution in [3.63, 3.8) is 0 Å². The number of nitrogens with two attached hydrogens (primary N) is 1. The smallest absolute Gasteiger partial charge is 0.319 e. The molecule has 4 fully saturated rings. The molecule has 0 spiro atoms. The summed E-state index contributed by atoms with van der Waals surface area (Å²) in [7, 11) is 0. The lowest BCUT2D eigenvalue weighted by atomic mass is 9.95. The average molecular weight is 704 g/mol. The van der Waals surface area contributed by atoms with Crippen molar-refractivity contribution in [2.75, 3.05) is 43.4 Å². The van der Waals surface area contributed by atoms with Crippen LogP contribution in [-0.4, -0.2) is 81.2 Å². The first-order chi connectivity index (χ1) is 24.2. The topological polar surface area (TPSA) is 151 Å². The Kier molecular flexibility index (Phi) is 7.30. The van der Waals surface area contributed by atoms with Crippen molar-refractivity contribution < 1.29 is 22.4 Å². The number of nitrogens with zero attached hydrogens (tertiary/aromatic N) is 7. The number of hydrogen-bond acceptors (Lipinski definition) is 12. The number of benzene rings is 1. The van der Waals surface area contributed by atoms with Crippen LogP contribution in [0.1, 0.15) is 43.2 Å². The zero-order chi connectivity index (χ0) is 34.3. The molecule has 3 N–H and O–H groups in total. The summed E-state index contributed by atoms with van der Waals surface area (Å²) in [4.78, 5) is 28.2. The Balaban J connectivity index is 1.29. The van der Waals surface area contributed by atoms with Gasteiger partial charge in [-0.25, -0.2) is 13.2 Å². The normalized spacial score (nSPS) is 24.8. The Morgan fingerprint density at radius 1 is 1.18 bits per heavy atom. The Hall–Kier alpha value is -4.72. The van der Waals surface area contributed by atoms with E-state index < -0.39 is 28.9 Å². The van der Waals surface area contributed by atoms with Gasteiger partial charge < -0.3 is 29.8 Å². The van der Waals surface area contributed by atoms with Crippen LogP contribution in [0, 0.1) is 23.0 Å². The van der Waals surface area contributed by atoms with Gasteiger partial charge in [-0.1, -0.05) is 5.16 Å². The summed E-state index contributed by atoms with van der Waals surface area (Å²) in [5.41, 5.74) is 5.10. The number of alkyl halides is 1. The molecular formula is C34H32F3N9O3S. The van der Waals surface area contributed by atoms with E-state index in [-0.39, 0.29) is 79.9 Å². The summed E-state index contributed by atoms with van der Waals surface area (Å²) in [6.45, 7) is 2.14. The molecule has 8 heterocycles. The molecule has 4 atom stereocenters. The summed E-state index contributed by atoms with van der Waals surface area (Å²) < 4.78 is 59.9. The van der Waals surface area contributed by atoms with Gasteiger partial charge in [0, 0.05) is 54.7 Å².